The Balaban J connectivity index is 1.52. The van der Waals surface area contributed by atoms with Gasteiger partial charge in [0.25, 0.3) is 11.8 Å². The van der Waals surface area contributed by atoms with Crippen molar-refractivity contribution in [3.63, 3.8) is 0 Å². The molecule has 6 N–H and O–H groups in total. The van der Waals surface area contributed by atoms with Gasteiger partial charge >= 0.3 is 0 Å². The summed E-state index contributed by atoms with van der Waals surface area (Å²) >= 11 is 1.40. The lowest BCUT2D eigenvalue weighted by Gasteiger charge is -2.35. The van der Waals surface area contributed by atoms with Crippen LogP contribution in [0.5, 0.6) is 5.75 Å². The number of benzene rings is 3. The van der Waals surface area contributed by atoms with Gasteiger partial charge in [-0.2, -0.15) is 0 Å². The Morgan fingerprint density at radius 2 is 1.63 bits per heavy atom. The minimum absolute atomic E-state index is 0.0319. The highest BCUT2D eigenvalue weighted by Gasteiger charge is 2.50. The number of hydrogen-bond donors (Lipinski definition) is 5. The fourth-order valence-electron chi connectivity index (χ4n) is 5.70. The van der Waals surface area contributed by atoms with E-state index in [1.165, 1.54) is 16.7 Å². The highest BCUT2D eigenvalue weighted by atomic mass is 32.2. The molecule has 5 amide bonds. The van der Waals surface area contributed by atoms with Crippen LogP contribution in [0.25, 0.3) is 10.8 Å². The molecule has 1 saturated heterocycles. The van der Waals surface area contributed by atoms with Crippen LogP contribution < -0.4 is 26.4 Å². The van der Waals surface area contributed by atoms with Gasteiger partial charge in [0.1, 0.15) is 17.8 Å². The standard InChI is InChI=1S/C36H45N5O7S/c1-35(2,3)40-33(46)31-36(4,5)49-21-41(31)34(47)30(44)25(18-22-12-7-6-8-13-22)39-32(45)26(19-28(37)42)38-29(43)20-48-27-17-11-15-23-14-9-10-16-24(23)27/h6-17,25-26,30-31,44H,18-21H2,1-5H3,(H2,37,42)(H,38,43)(H,39,45)(H,40,46)/t25-,26-,30-,31+/m0/s1. The maximum absolute atomic E-state index is 13.9. The molecule has 12 nitrogen and oxygen atoms in total. The highest BCUT2D eigenvalue weighted by Crippen LogP contribution is 2.40. The molecule has 3 aromatic rings. The number of primary amides is 1. The molecule has 1 fully saturated rings. The first-order valence-electron chi connectivity index (χ1n) is 16.0. The predicted octanol–water partition coefficient (Wildman–Crippen LogP) is 2.26. The average Bonchev–Trinajstić information content (AvgIpc) is 3.36. The van der Waals surface area contributed by atoms with E-state index in [9.17, 15) is 29.1 Å². The van der Waals surface area contributed by atoms with Crippen LogP contribution in [0.15, 0.2) is 72.8 Å². The van der Waals surface area contributed by atoms with Gasteiger partial charge in [-0.1, -0.05) is 66.7 Å². The van der Waals surface area contributed by atoms with Crippen molar-refractivity contribution < 1.29 is 33.8 Å². The first kappa shape index (κ1) is 37.2. The van der Waals surface area contributed by atoms with Gasteiger partial charge in [-0.15, -0.1) is 11.8 Å². The van der Waals surface area contributed by atoms with E-state index in [0.717, 1.165) is 10.8 Å². The van der Waals surface area contributed by atoms with Gasteiger partial charge in [0, 0.05) is 15.7 Å². The molecule has 0 bridgehead atoms. The van der Waals surface area contributed by atoms with Crippen LogP contribution in [0.2, 0.25) is 0 Å². The van der Waals surface area contributed by atoms with E-state index in [1.807, 2.05) is 65.0 Å². The fraction of sp³-hybridized carbons (Fsp3) is 0.417. The third-order valence-corrected chi connectivity index (χ3v) is 9.38. The Bertz CT molecular complexity index is 1670. The highest BCUT2D eigenvalue weighted by molar-refractivity contribution is 8.00. The average molecular weight is 692 g/mol. The molecule has 0 aromatic heterocycles. The van der Waals surface area contributed by atoms with Crippen LogP contribution in [0.4, 0.5) is 0 Å². The molecule has 0 radical (unpaired) electrons. The zero-order valence-corrected chi connectivity index (χ0v) is 29.2. The van der Waals surface area contributed by atoms with E-state index in [0.29, 0.717) is 11.3 Å². The van der Waals surface area contributed by atoms with E-state index in [2.05, 4.69) is 16.0 Å². The third-order valence-electron chi connectivity index (χ3n) is 8.00. The third kappa shape index (κ3) is 9.96. The molecular weight excluding hydrogens is 646 g/mol. The van der Waals surface area contributed by atoms with E-state index in [1.54, 1.807) is 42.5 Å². The van der Waals surface area contributed by atoms with Crippen molar-refractivity contribution in [3.8, 4) is 5.75 Å². The maximum Gasteiger partial charge on any atom is 0.258 e. The molecule has 1 heterocycles. The number of carbonyl (C=O) groups excluding carboxylic acids is 5. The number of aliphatic hydroxyl groups is 1. The molecule has 0 saturated carbocycles. The molecule has 0 spiro atoms. The second-order valence-corrected chi connectivity index (χ2v) is 15.2. The molecule has 0 aliphatic carbocycles. The largest absolute Gasteiger partial charge is 0.483 e. The second kappa shape index (κ2) is 15.7. The summed E-state index contributed by atoms with van der Waals surface area (Å²) in [5, 5.41) is 21.4. The van der Waals surface area contributed by atoms with Crippen molar-refractivity contribution >= 4 is 52.1 Å². The summed E-state index contributed by atoms with van der Waals surface area (Å²) in [4.78, 5) is 67.3. The Morgan fingerprint density at radius 3 is 2.31 bits per heavy atom. The number of hydrogen-bond acceptors (Lipinski definition) is 8. The molecule has 4 atom stereocenters. The normalized spacial score (nSPS) is 17.4. The zero-order valence-electron chi connectivity index (χ0n) is 28.4. The van der Waals surface area contributed by atoms with Crippen LogP contribution in [0.1, 0.15) is 46.6 Å². The monoisotopic (exact) mass is 691 g/mol. The number of rotatable bonds is 13. The summed E-state index contributed by atoms with van der Waals surface area (Å²) in [5.74, 6) is -2.86. The van der Waals surface area contributed by atoms with Gasteiger partial charge in [-0.3, -0.25) is 24.0 Å². The topological polar surface area (TPSA) is 180 Å². The van der Waals surface area contributed by atoms with Gasteiger partial charge in [0.15, 0.2) is 12.7 Å². The number of amides is 5. The van der Waals surface area contributed by atoms with Crippen LogP contribution in [-0.4, -0.2) is 86.5 Å². The Morgan fingerprint density at radius 1 is 0.980 bits per heavy atom. The second-order valence-electron chi connectivity index (χ2n) is 13.6. The maximum atomic E-state index is 13.9. The van der Waals surface area contributed by atoms with E-state index in [4.69, 9.17) is 10.5 Å². The molecule has 3 aromatic carbocycles. The van der Waals surface area contributed by atoms with Crippen molar-refractivity contribution in [3.05, 3.63) is 78.4 Å². The van der Waals surface area contributed by atoms with Gasteiger partial charge in [0.2, 0.25) is 17.7 Å². The summed E-state index contributed by atoms with van der Waals surface area (Å²) in [6.07, 6.45) is -2.28. The smallest absolute Gasteiger partial charge is 0.258 e. The van der Waals surface area contributed by atoms with E-state index < -0.39 is 71.2 Å². The summed E-state index contributed by atoms with van der Waals surface area (Å²) in [7, 11) is 0. The van der Waals surface area contributed by atoms with Crippen molar-refractivity contribution in [1.82, 2.24) is 20.9 Å². The van der Waals surface area contributed by atoms with Crippen LogP contribution in [0.3, 0.4) is 0 Å². The zero-order chi connectivity index (χ0) is 35.9. The van der Waals surface area contributed by atoms with Crippen molar-refractivity contribution in [2.75, 3.05) is 12.5 Å². The molecular formula is C36H45N5O7S. The first-order chi connectivity index (χ1) is 23.1. The number of nitrogens with two attached hydrogens (primary N) is 1. The predicted molar refractivity (Wildman–Crippen MR) is 188 cm³/mol. The Labute approximate surface area is 290 Å². The number of nitrogens with one attached hydrogen (secondary N) is 3. The summed E-state index contributed by atoms with van der Waals surface area (Å²) in [6, 6.07) is 18.3. The van der Waals surface area contributed by atoms with Gasteiger partial charge in [-0.25, -0.2) is 0 Å². The first-order valence-corrected chi connectivity index (χ1v) is 17.0. The molecule has 13 heteroatoms. The quantitative estimate of drug-likeness (QED) is 0.181. The lowest BCUT2D eigenvalue weighted by Crippen LogP contribution is -2.61. The molecule has 1 aliphatic rings. The minimum Gasteiger partial charge on any atom is -0.483 e. The van der Waals surface area contributed by atoms with Gasteiger partial charge in [-0.05, 0) is 58.1 Å². The number of ether oxygens (including phenoxy) is 1. The number of nitrogens with zero attached hydrogens (tertiary/aromatic N) is 1. The summed E-state index contributed by atoms with van der Waals surface area (Å²) < 4.78 is 5.09. The minimum atomic E-state index is -1.77. The van der Waals surface area contributed by atoms with Gasteiger partial charge < -0.3 is 36.4 Å². The molecule has 49 heavy (non-hydrogen) atoms. The summed E-state index contributed by atoms with van der Waals surface area (Å²) in [6.45, 7) is 8.77. The van der Waals surface area contributed by atoms with Crippen LogP contribution in [-0.2, 0) is 30.4 Å². The molecule has 0 unspecified atom stereocenters. The van der Waals surface area contributed by atoms with Crippen molar-refractivity contribution in [1.29, 1.82) is 0 Å². The molecule has 262 valence electrons. The van der Waals surface area contributed by atoms with Crippen LogP contribution >= 0.6 is 11.8 Å². The number of carbonyl (C=O) groups is 5. The molecule has 1 aliphatic heterocycles. The SMILES string of the molecule is CC(C)(C)NC(=O)[C@H]1N(C(=O)[C@@H](O)[C@H](Cc2ccccc2)NC(=O)[C@H](CC(N)=O)NC(=O)COc2cccc3ccccc23)CSC1(C)C. The summed E-state index contributed by atoms with van der Waals surface area (Å²) in [5.41, 5.74) is 5.59. The van der Waals surface area contributed by atoms with Crippen molar-refractivity contribution in [2.24, 2.45) is 5.73 Å². The van der Waals surface area contributed by atoms with E-state index >= 15 is 0 Å². The van der Waals surface area contributed by atoms with E-state index in [-0.39, 0.29) is 18.2 Å². The lowest BCUT2D eigenvalue weighted by atomic mass is 9.96. The number of aliphatic hydroxyl groups excluding tert-OH is 1. The van der Waals surface area contributed by atoms with Crippen LogP contribution in [0, 0.1) is 0 Å². The molecule has 4 rings (SSSR count). The number of thioether (sulfide) groups is 1. The number of fused-ring (bicyclic) bond motifs is 1. The van der Waals surface area contributed by atoms with Gasteiger partial charge in [0.05, 0.1) is 18.3 Å². The van der Waals surface area contributed by atoms with Crippen molar-refractivity contribution in [2.45, 2.75) is 82.0 Å². The Kier molecular flexibility index (Phi) is 11.9. The fourth-order valence-corrected chi connectivity index (χ4v) is 6.84. The lowest BCUT2D eigenvalue weighted by molar-refractivity contribution is -0.148. The Hall–Kier alpha value is -4.62.